The normalized spacial score (nSPS) is 11.1. The van der Waals surface area contributed by atoms with Crippen molar-refractivity contribution in [1.29, 1.82) is 10.5 Å². The topological polar surface area (TPSA) is 99.4 Å². The Labute approximate surface area is 231 Å². The molecule has 0 unspecified atom stereocenters. The minimum absolute atomic E-state index is 0.0843. The first-order valence-electron chi connectivity index (χ1n) is 12.5. The molecule has 5 aromatic carbocycles. The number of aromatic nitrogens is 3. The molecule has 0 N–H and O–H groups in total. The van der Waals surface area contributed by atoms with Crippen LogP contribution in [-0.2, 0) is 0 Å². The van der Waals surface area contributed by atoms with Gasteiger partial charge in [-0.15, -0.1) is 0 Å². The minimum atomic E-state index is -0.809. The average Bonchev–Trinajstić information content (AvgIpc) is 3.50. The molecule has 41 heavy (non-hydrogen) atoms. The van der Waals surface area contributed by atoms with E-state index in [-0.39, 0.29) is 11.1 Å². The predicted molar refractivity (Wildman–Crippen MR) is 150 cm³/mol. The Hall–Kier alpha value is -5.99. The van der Waals surface area contributed by atoms with Gasteiger partial charge in [0.2, 0.25) is 0 Å². The zero-order valence-corrected chi connectivity index (χ0v) is 21.1. The maximum Gasteiger partial charge on any atom is 0.144 e. The van der Waals surface area contributed by atoms with Crippen molar-refractivity contribution >= 4 is 32.7 Å². The van der Waals surface area contributed by atoms with Crippen LogP contribution in [0.4, 0.5) is 8.78 Å². The van der Waals surface area contributed by atoms with Crippen molar-refractivity contribution in [2.24, 2.45) is 0 Å². The highest BCUT2D eigenvalue weighted by Crippen LogP contribution is 2.41. The Morgan fingerprint density at radius 1 is 0.634 bits per heavy atom. The molecule has 0 saturated heterocycles. The van der Waals surface area contributed by atoms with Gasteiger partial charge in [-0.2, -0.15) is 10.5 Å². The minimum Gasteiger partial charge on any atom is -0.247 e. The molecule has 0 radical (unpaired) electrons. The SMILES string of the molecule is N#Cc1ccc(-c2cc3c(-c4ccc(-c5c(F)cc(C#N)cc5F)cc4)nc4ccccc4c3c3nonc23)cc1. The van der Waals surface area contributed by atoms with Gasteiger partial charge in [0, 0.05) is 27.3 Å². The molecule has 0 saturated carbocycles. The highest BCUT2D eigenvalue weighted by Gasteiger charge is 2.20. The second-order valence-corrected chi connectivity index (χ2v) is 9.48. The summed E-state index contributed by atoms with van der Waals surface area (Å²) in [6.07, 6.45) is 0. The maximum absolute atomic E-state index is 14.7. The van der Waals surface area contributed by atoms with Gasteiger partial charge in [-0.05, 0) is 57.8 Å². The van der Waals surface area contributed by atoms with Crippen molar-refractivity contribution in [3.05, 3.63) is 114 Å². The second kappa shape index (κ2) is 9.33. The molecule has 192 valence electrons. The molecule has 2 aromatic heterocycles. The van der Waals surface area contributed by atoms with Crippen LogP contribution in [-0.4, -0.2) is 15.3 Å². The van der Waals surface area contributed by atoms with E-state index < -0.39 is 11.6 Å². The monoisotopic (exact) mass is 535 g/mol. The Balaban J connectivity index is 1.48. The summed E-state index contributed by atoms with van der Waals surface area (Å²) in [5.74, 6) is -1.62. The number of fused-ring (bicyclic) bond motifs is 5. The van der Waals surface area contributed by atoms with Crippen LogP contribution >= 0.6 is 0 Å². The number of halogens is 2. The highest BCUT2D eigenvalue weighted by atomic mass is 19.1. The molecule has 0 aliphatic heterocycles. The Bertz CT molecular complexity index is 2220. The molecular weight excluding hydrogens is 520 g/mol. The summed E-state index contributed by atoms with van der Waals surface area (Å²) in [6.45, 7) is 0. The first kappa shape index (κ1) is 24.1. The van der Waals surface area contributed by atoms with Gasteiger partial charge < -0.3 is 0 Å². The fourth-order valence-electron chi connectivity index (χ4n) is 5.24. The van der Waals surface area contributed by atoms with Crippen molar-refractivity contribution < 1.29 is 13.4 Å². The lowest BCUT2D eigenvalue weighted by molar-refractivity contribution is 0.316. The Kier molecular flexibility index (Phi) is 5.48. The third kappa shape index (κ3) is 3.86. The van der Waals surface area contributed by atoms with Gasteiger partial charge in [0.25, 0.3) is 0 Å². The van der Waals surface area contributed by atoms with Crippen LogP contribution in [0.5, 0.6) is 0 Å². The van der Waals surface area contributed by atoms with Crippen LogP contribution in [0.25, 0.3) is 66.2 Å². The van der Waals surface area contributed by atoms with E-state index in [4.69, 9.17) is 14.9 Å². The van der Waals surface area contributed by atoms with Crippen molar-refractivity contribution in [1.82, 2.24) is 15.3 Å². The van der Waals surface area contributed by atoms with Crippen molar-refractivity contribution in [2.75, 3.05) is 0 Å². The van der Waals surface area contributed by atoms with Gasteiger partial charge >= 0.3 is 0 Å². The number of nitriles is 2. The van der Waals surface area contributed by atoms with Crippen molar-refractivity contribution in [3.8, 4) is 45.6 Å². The molecule has 0 bridgehead atoms. The predicted octanol–water partition coefficient (Wildman–Crippen LogP) is 7.95. The summed E-state index contributed by atoms with van der Waals surface area (Å²) < 4.78 is 34.7. The van der Waals surface area contributed by atoms with Crippen molar-refractivity contribution in [2.45, 2.75) is 0 Å². The quantitative estimate of drug-likeness (QED) is 0.213. The molecule has 0 fully saturated rings. The van der Waals surface area contributed by atoms with Gasteiger partial charge in [0.1, 0.15) is 22.7 Å². The molecule has 0 atom stereocenters. The van der Waals surface area contributed by atoms with Crippen LogP contribution in [0, 0.1) is 34.3 Å². The number of nitrogens with zero attached hydrogens (tertiary/aromatic N) is 5. The standard InChI is InChI=1S/C33H15F2N5O/c34-26-13-19(17-37)14-27(35)29(26)21-9-11-22(12-10-21)31-25-15-24(20-7-5-18(16-36)6-8-20)32-33(40-41-39-32)30(25)23-3-1-2-4-28(23)38-31/h1-15H. The number of hydrogen-bond donors (Lipinski definition) is 0. The van der Waals surface area contributed by atoms with E-state index in [1.165, 1.54) is 0 Å². The lowest BCUT2D eigenvalue weighted by Crippen LogP contribution is -1.94. The van der Waals surface area contributed by atoms with E-state index in [2.05, 4.69) is 16.4 Å². The number of pyridine rings is 1. The summed E-state index contributed by atoms with van der Waals surface area (Å²) in [7, 11) is 0. The molecule has 6 nitrogen and oxygen atoms in total. The number of hydrogen-bond acceptors (Lipinski definition) is 6. The highest BCUT2D eigenvalue weighted by molar-refractivity contribution is 6.23. The summed E-state index contributed by atoms with van der Waals surface area (Å²) >= 11 is 0. The molecule has 0 amide bonds. The van der Waals surface area contributed by atoms with Crippen molar-refractivity contribution in [3.63, 3.8) is 0 Å². The summed E-state index contributed by atoms with van der Waals surface area (Å²) in [5.41, 5.74) is 5.41. The van der Waals surface area contributed by atoms with E-state index in [9.17, 15) is 14.0 Å². The van der Waals surface area contributed by atoms with Crippen LogP contribution in [0.15, 0.2) is 95.6 Å². The van der Waals surface area contributed by atoms with E-state index in [1.54, 1.807) is 42.5 Å². The van der Waals surface area contributed by atoms with Crippen LogP contribution in [0.3, 0.4) is 0 Å². The first-order chi connectivity index (χ1) is 20.1. The smallest absolute Gasteiger partial charge is 0.144 e. The third-order valence-electron chi connectivity index (χ3n) is 7.14. The maximum atomic E-state index is 14.7. The molecule has 0 aliphatic carbocycles. The molecule has 0 spiro atoms. The Morgan fingerprint density at radius 2 is 1.27 bits per heavy atom. The van der Waals surface area contributed by atoms with Gasteiger partial charge in [-0.25, -0.2) is 18.4 Å². The summed E-state index contributed by atoms with van der Waals surface area (Å²) in [4.78, 5) is 4.98. The van der Waals surface area contributed by atoms with Gasteiger partial charge in [-0.3, -0.25) is 0 Å². The zero-order valence-electron chi connectivity index (χ0n) is 21.1. The number of rotatable bonds is 3. The lowest BCUT2D eigenvalue weighted by atomic mass is 9.93. The molecular formula is C33H15F2N5O. The summed E-state index contributed by atoms with van der Waals surface area (Å²) in [6, 6.07) is 29.5. The fraction of sp³-hybridized carbons (Fsp3) is 0. The van der Waals surface area contributed by atoms with Gasteiger partial charge in [0.15, 0.2) is 0 Å². The largest absolute Gasteiger partial charge is 0.247 e. The van der Waals surface area contributed by atoms with E-state index in [0.29, 0.717) is 27.9 Å². The van der Waals surface area contributed by atoms with Crippen LogP contribution in [0.2, 0.25) is 0 Å². The molecule has 7 aromatic rings. The fourth-order valence-corrected chi connectivity index (χ4v) is 5.24. The van der Waals surface area contributed by atoms with Crippen LogP contribution in [0.1, 0.15) is 11.1 Å². The molecule has 2 heterocycles. The Morgan fingerprint density at radius 3 is 1.98 bits per heavy atom. The molecule has 8 heteroatoms. The summed E-state index contributed by atoms with van der Waals surface area (Å²) in [5, 5.41) is 29.2. The second-order valence-electron chi connectivity index (χ2n) is 9.48. The van der Waals surface area contributed by atoms with Crippen LogP contribution < -0.4 is 0 Å². The molecule has 7 rings (SSSR count). The van der Waals surface area contributed by atoms with E-state index in [1.807, 2.05) is 42.5 Å². The average molecular weight is 536 g/mol. The van der Waals surface area contributed by atoms with Gasteiger partial charge in [-0.1, -0.05) is 54.6 Å². The number of para-hydroxylation sites is 1. The molecule has 0 aliphatic rings. The zero-order chi connectivity index (χ0) is 28.1. The number of benzene rings is 5. The lowest BCUT2D eigenvalue weighted by Gasteiger charge is -2.13. The van der Waals surface area contributed by atoms with Gasteiger partial charge in [0.05, 0.1) is 40.0 Å². The van der Waals surface area contributed by atoms with E-state index >= 15 is 0 Å². The van der Waals surface area contributed by atoms with E-state index in [0.717, 1.165) is 50.5 Å². The first-order valence-corrected chi connectivity index (χ1v) is 12.5. The third-order valence-corrected chi connectivity index (χ3v) is 7.14.